The van der Waals surface area contributed by atoms with Crippen molar-refractivity contribution in [1.82, 2.24) is 5.43 Å². The molecule has 1 aromatic carbocycles. The highest BCUT2D eigenvalue weighted by molar-refractivity contribution is 5.43. The molecule has 2 unspecified atom stereocenters. The Balaban J connectivity index is 2.29. The minimum Gasteiger partial charge on any atom is -0.496 e. The molecule has 0 aliphatic carbocycles. The third-order valence-electron chi connectivity index (χ3n) is 3.88. The molecule has 0 amide bonds. The predicted octanol–water partition coefficient (Wildman–Crippen LogP) is 2.39. The molecule has 106 valence electrons. The van der Waals surface area contributed by atoms with E-state index in [9.17, 15) is 0 Å². The zero-order valence-electron chi connectivity index (χ0n) is 12.0. The van der Waals surface area contributed by atoms with Crippen LogP contribution in [-0.4, -0.2) is 19.8 Å². The summed E-state index contributed by atoms with van der Waals surface area (Å²) in [6.07, 6.45) is 3.57. The molecule has 0 saturated carbocycles. The van der Waals surface area contributed by atoms with Crippen molar-refractivity contribution < 1.29 is 9.47 Å². The maximum absolute atomic E-state index is 5.86. The number of methoxy groups -OCH3 is 1. The normalized spacial score (nSPS) is 21.2. The molecule has 1 fully saturated rings. The van der Waals surface area contributed by atoms with Crippen LogP contribution in [0.25, 0.3) is 0 Å². The lowest BCUT2D eigenvalue weighted by Crippen LogP contribution is -2.40. The van der Waals surface area contributed by atoms with Crippen LogP contribution in [0, 0.1) is 13.8 Å². The van der Waals surface area contributed by atoms with Crippen LogP contribution in [-0.2, 0) is 4.74 Å². The highest BCUT2D eigenvalue weighted by atomic mass is 16.5. The van der Waals surface area contributed by atoms with Crippen molar-refractivity contribution in [3.05, 3.63) is 28.8 Å². The first-order chi connectivity index (χ1) is 9.17. The smallest absolute Gasteiger partial charge is 0.122 e. The van der Waals surface area contributed by atoms with Gasteiger partial charge in [-0.2, -0.15) is 0 Å². The average Bonchev–Trinajstić information content (AvgIpc) is 2.44. The number of rotatable bonds is 4. The first kappa shape index (κ1) is 14.3. The van der Waals surface area contributed by atoms with Crippen molar-refractivity contribution in [3.63, 3.8) is 0 Å². The number of ether oxygens (including phenoxy) is 2. The molecule has 2 rings (SSSR count). The minimum atomic E-state index is 0.0462. The number of hydrogen-bond donors (Lipinski definition) is 2. The molecule has 1 saturated heterocycles. The molecule has 19 heavy (non-hydrogen) atoms. The van der Waals surface area contributed by atoms with E-state index in [2.05, 4.69) is 31.4 Å². The first-order valence-electron chi connectivity index (χ1n) is 6.90. The van der Waals surface area contributed by atoms with Crippen LogP contribution in [0.1, 0.15) is 42.0 Å². The maximum Gasteiger partial charge on any atom is 0.122 e. The van der Waals surface area contributed by atoms with Gasteiger partial charge in [-0.25, -0.2) is 0 Å². The first-order valence-corrected chi connectivity index (χ1v) is 6.90. The number of aryl methyl sites for hydroxylation is 2. The summed E-state index contributed by atoms with van der Waals surface area (Å²) < 4.78 is 11.2. The van der Waals surface area contributed by atoms with Crippen molar-refractivity contribution in [2.75, 3.05) is 13.7 Å². The lowest BCUT2D eigenvalue weighted by molar-refractivity contribution is -0.00836. The SMILES string of the molecule is COc1cc(C)c(C(NN)C2CCCCO2)cc1C. The second kappa shape index (κ2) is 6.37. The highest BCUT2D eigenvalue weighted by Gasteiger charge is 2.26. The van der Waals surface area contributed by atoms with Crippen molar-refractivity contribution >= 4 is 0 Å². The Morgan fingerprint density at radius 3 is 2.68 bits per heavy atom. The second-order valence-electron chi connectivity index (χ2n) is 5.23. The number of nitrogens with one attached hydrogen (secondary N) is 1. The molecule has 0 bridgehead atoms. The fourth-order valence-corrected chi connectivity index (χ4v) is 2.79. The monoisotopic (exact) mass is 264 g/mol. The van der Waals surface area contributed by atoms with Gasteiger partial charge >= 0.3 is 0 Å². The van der Waals surface area contributed by atoms with E-state index in [4.69, 9.17) is 15.3 Å². The quantitative estimate of drug-likeness (QED) is 0.647. The molecule has 1 heterocycles. The Labute approximate surface area is 115 Å². The summed E-state index contributed by atoms with van der Waals surface area (Å²) in [5.41, 5.74) is 6.43. The van der Waals surface area contributed by atoms with Gasteiger partial charge < -0.3 is 9.47 Å². The molecule has 0 radical (unpaired) electrons. The Morgan fingerprint density at radius 2 is 2.11 bits per heavy atom. The van der Waals surface area contributed by atoms with Crippen LogP contribution < -0.4 is 16.0 Å². The summed E-state index contributed by atoms with van der Waals surface area (Å²) >= 11 is 0. The third-order valence-corrected chi connectivity index (χ3v) is 3.88. The van der Waals surface area contributed by atoms with Crippen molar-refractivity contribution in [1.29, 1.82) is 0 Å². The molecule has 3 N–H and O–H groups in total. The molecule has 1 aliphatic rings. The largest absolute Gasteiger partial charge is 0.496 e. The summed E-state index contributed by atoms with van der Waals surface area (Å²) in [6.45, 7) is 4.97. The van der Waals surface area contributed by atoms with Crippen LogP contribution in [0.2, 0.25) is 0 Å². The third kappa shape index (κ3) is 3.08. The van der Waals surface area contributed by atoms with Gasteiger partial charge in [-0.1, -0.05) is 6.07 Å². The molecular formula is C15H24N2O2. The summed E-state index contributed by atoms with van der Waals surface area (Å²) in [5.74, 6) is 6.68. The minimum absolute atomic E-state index is 0.0462. The Morgan fingerprint density at radius 1 is 1.32 bits per heavy atom. The van der Waals surface area contributed by atoms with E-state index < -0.39 is 0 Å². The Kier molecular flexibility index (Phi) is 4.80. The average molecular weight is 264 g/mol. The van der Waals surface area contributed by atoms with Gasteiger partial charge in [0.15, 0.2) is 0 Å². The van der Waals surface area contributed by atoms with Gasteiger partial charge in [-0.15, -0.1) is 0 Å². The fourth-order valence-electron chi connectivity index (χ4n) is 2.79. The number of hydrogen-bond acceptors (Lipinski definition) is 4. The van der Waals surface area contributed by atoms with Crippen LogP contribution in [0.3, 0.4) is 0 Å². The molecule has 4 nitrogen and oxygen atoms in total. The summed E-state index contributed by atoms with van der Waals surface area (Å²) in [7, 11) is 1.70. The number of nitrogens with two attached hydrogens (primary N) is 1. The van der Waals surface area contributed by atoms with E-state index in [1.165, 1.54) is 17.5 Å². The van der Waals surface area contributed by atoms with E-state index in [1.54, 1.807) is 7.11 Å². The fraction of sp³-hybridized carbons (Fsp3) is 0.600. The van der Waals surface area contributed by atoms with Gasteiger partial charge in [0.05, 0.1) is 19.3 Å². The molecule has 0 spiro atoms. The summed E-state index contributed by atoms with van der Waals surface area (Å²) in [4.78, 5) is 0. The van der Waals surface area contributed by atoms with Gasteiger partial charge in [0.2, 0.25) is 0 Å². The van der Waals surface area contributed by atoms with Crippen LogP contribution in [0.5, 0.6) is 5.75 Å². The Hall–Kier alpha value is -1.10. The lowest BCUT2D eigenvalue weighted by atomic mass is 9.92. The van der Waals surface area contributed by atoms with Crippen LogP contribution in [0.4, 0.5) is 0 Å². The van der Waals surface area contributed by atoms with E-state index in [-0.39, 0.29) is 12.1 Å². The van der Waals surface area contributed by atoms with Gasteiger partial charge in [0.1, 0.15) is 5.75 Å². The molecule has 0 aromatic heterocycles. The molecule has 1 aliphatic heterocycles. The lowest BCUT2D eigenvalue weighted by Gasteiger charge is -2.31. The van der Waals surface area contributed by atoms with Crippen LogP contribution in [0.15, 0.2) is 12.1 Å². The van der Waals surface area contributed by atoms with Crippen molar-refractivity contribution in [3.8, 4) is 5.75 Å². The zero-order chi connectivity index (χ0) is 13.8. The molecule has 4 heteroatoms. The second-order valence-corrected chi connectivity index (χ2v) is 5.23. The molecular weight excluding hydrogens is 240 g/mol. The van der Waals surface area contributed by atoms with Crippen molar-refractivity contribution in [2.24, 2.45) is 5.84 Å². The Bertz CT molecular complexity index is 428. The number of benzene rings is 1. The topological polar surface area (TPSA) is 56.5 Å². The zero-order valence-corrected chi connectivity index (χ0v) is 12.0. The summed E-state index contributed by atoms with van der Waals surface area (Å²) in [5, 5.41) is 0. The summed E-state index contributed by atoms with van der Waals surface area (Å²) in [6, 6.07) is 4.26. The molecule has 2 atom stereocenters. The number of hydrazine groups is 1. The van der Waals surface area contributed by atoms with Gasteiger partial charge in [-0.3, -0.25) is 11.3 Å². The van der Waals surface area contributed by atoms with E-state index in [0.717, 1.165) is 30.8 Å². The van der Waals surface area contributed by atoms with Gasteiger partial charge in [0, 0.05) is 6.61 Å². The van der Waals surface area contributed by atoms with E-state index in [0.29, 0.717) is 0 Å². The highest BCUT2D eigenvalue weighted by Crippen LogP contribution is 2.31. The van der Waals surface area contributed by atoms with Gasteiger partial charge in [-0.05, 0) is 55.9 Å². The van der Waals surface area contributed by atoms with Crippen LogP contribution >= 0.6 is 0 Å². The maximum atomic E-state index is 5.86. The predicted molar refractivity (Wildman–Crippen MR) is 76.1 cm³/mol. The van der Waals surface area contributed by atoms with Gasteiger partial charge in [0.25, 0.3) is 0 Å². The van der Waals surface area contributed by atoms with E-state index in [1.807, 2.05) is 0 Å². The van der Waals surface area contributed by atoms with E-state index >= 15 is 0 Å². The van der Waals surface area contributed by atoms with Crippen molar-refractivity contribution in [2.45, 2.75) is 45.3 Å². The molecule has 1 aromatic rings. The standard InChI is InChI=1S/C15H24N2O2/c1-10-9-14(18-3)11(2)8-12(10)15(17-16)13-6-4-5-7-19-13/h8-9,13,15,17H,4-7,16H2,1-3H3.